The van der Waals surface area contributed by atoms with Crippen molar-refractivity contribution >= 4 is 27.3 Å². The number of sulfonamides is 1. The lowest BCUT2D eigenvalue weighted by molar-refractivity contribution is 0.450. The SMILES string of the molecule is CN(N)/C=C(\N)S(=O)(=O)N1CC(c2ccccc2)C(c2ccc(Cl)cc2)=N1. The van der Waals surface area contributed by atoms with Gasteiger partial charge in [-0.05, 0) is 23.3 Å². The normalized spacial score (nSPS) is 17.7. The van der Waals surface area contributed by atoms with E-state index >= 15 is 0 Å². The molecule has 1 aliphatic heterocycles. The highest BCUT2D eigenvalue weighted by atomic mass is 35.5. The highest BCUT2D eigenvalue weighted by Crippen LogP contribution is 2.31. The van der Waals surface area contributed by atoms with Crippen LogP contribution in [-0.2, 0) is 10.0 Å². The molecule has 9 heteroatoms. The zero-order valence-corrected chi connectivity index (χ0v) is 16.2. The molecule has 0 fully saturated rings. The van der Waals surface area contributed by atoms with Gasteiger partial charge in [0.2, 0.25) is 0 Å². The largest absolute Gasteiger partial charge is 0.387 e. The van der Waals surface area contributed by atoms with E-state index in [4.69, 9.17) is 23.2 Å². The lowest BCUT2D eigenvalue weighted by atomic mass is 9.91. The van der Waals surface area contributed by atoms with Crippen molar-refractivity contribution in [3.8, 4) is 0 Å². The molecule has 3 rings (SSSR count). The molecule has 0 amide bonds. The van der Waals surface area contributed by atoms with Gasteiger partial charge in [-0.15, -0.1) is 0 Å². The summed E-state index contributed by atoms with van der Waals surface area (Å²) < 4.78 is 26.6. The predicted molar refractivity (Wildman–Crippen MR) is 107 cm³/mol. The van der Waals surface area contributed by atoms with E-state index in [1.165, 1.54) is 7.05 Å². The molecule has 0 spiro atoms. The summed E-state index contributed by atoms with van der Waals surface area (Å²) in [7, 11) is -2.50. The summed E-state index contributed by atoms with van der Waals surface area (Å²) in [5.41, 5.74) is 8.13. The Morgan fingerprint density at radius 1 is 1.22 bits per heavy atom. The highest BCUT2D eigenvalue weighted by molar-refractivity contribution is 7.92. The van der Waals surface area contributed by atoms with Gasteiger partial charge in [0.25, 0.3) is 10.0 Å². The van der Waals surface area contributed by atoms with Gasteiger partial charge in [0.05, 0.1) is 18.5 Å². The van der Waals surface area contributed by atoms with Crippen LogP contribution < -0.4 is 11.6 Å². The van der Waals surface area contributed by atoms with Crippen molar-refractivity contribution in [2.45, 2.75) is 5.92 Å². The summed E-state index contributed by atoms with van der Waals surface area (Å²) in [4.78, 5) is 0. The Bertz CT molecular complexity index is 973. The molecule has 4 N–H and O–H groups in total. The lowest BCUT2D eigenvalue weighted by Crippen LogP contribution is -2.32. The van der Waals surface area contributed by atoms with Crippen LogP contribution in [-0.4, -0.2) is 37.1 Å². The van der Waals surface area contributed by atoms with Crippen LogP contribution in [0.3, 0.4) is 0 Å². The van der Waals surface area contributed by atoms with Crippen LogP contribution in [0, 0.1) is 0 Å². The smallest absolute Gasteiger partial charge is 0.295 e. The van der Waals surface area contributed by atoms with Crippen molar-refractivity contribution in [1.82, 2.24) is 9.42 Å². The van der Waals surface area contributed by atoms with Gasteiger partial charge in [-0.25, -0.2) is 5.84 Å². The zero-order valence-electron chi connectivity index (χ0n) is 14.7. The summed E-state index contributed by atoms with van der Waals surface area (Å²) in [5.74, 6) is 5.25. The highest BCUT2D eigenvalue weighted by Gasteiger charge is 2.36. The molecule has 1 heterocycles. The van der Waals surface area contributed by atoms with E-state index in [0.29, 0.717) is 10.7 Å². The number of rotatable bonds is 5. The van der Waals surface area contributed by atoms with E-state index < -0.39 is 10.0 Å². The third-order valence-corrected chi connectivity index (χ3v) is 5.87. The summed E-state index contributed by atoms with van der Waals surface area (Å²) in [6.07, 6.45) is 1.14. The van der Waals surface area contributed by atoms with E-state index in [-0.39, 0.29) is 17.5 Å². The second-order valence-electron chi connectivity index (χ2n) is 6.16. The number of hydrazone groups is 1. The number of benzene rings is 2. The topological polar surface area (TPSA) is 105 Å². The molecule has 1 aliphatic rings. The molecule has 7 nitrogen and oxygen atoms in total. The van der Waals surface area contributed by atoms with Crippen LogP contribution >= 0.6 is 11.6 Å². The number of nitrogens with two attached hydrogens (primary N) is 2. The molecule has 0 aliphatic carbocycles. The Labute approximate surface area is 163 Å². The van der Waals surface area contributed by atoms with Crippen LogP contribution in [0.5, 0.6) is 0 Å². The number of hydrogen-bond acceptors (Lipinski definition) is 6. The lowest BCUT2D eigenvalue weighted by Gasteiger charge is -2.17. The van der Waals surface area contributed by atoms with E-state index in [0.717, 1.165) is 26.7 Å². The molecule has 1 unspecified atom stereocenters. The minimum Gasteiger partial charge on any atom is -0.387 e. The third kappa shape index (κ3) is 4.08. The van der Waals surface area contributed by atoms with Crippen molar-refractivity contribution in [1.29, 1.82) is 0 Å². The molecule has 142 valence electrons. The fourth-order valence-corrected chi connectivity index (χ4v) is 4.05. The molecule has 0 saturated carbocycles. The van der Waals surface area contributed by atoms with E-state index in [9.17, 15) is 8.42 Å². The minimum atomic E-state index is -3.99. The Hall–Kier alpha value is -2.55. The second kappa shape index (κ2) is 7.59. The number of hydrogen-bond donors (Lipinski definition) is 2. The van der Waals surface area contributed by atoms with Crippen LogP contribution in [0.1, 0.15) is 17.0 Å². The van der Waals surface area contributed by atoms with Gasteiger partial charge in [-0.2, -0.15) is 17.9 Å². The maximum Gasteiger partial charge on any atom is 0.295 e. The molecule has 0 bridgehead atoms. The average molecular weight is 406 g/mol. The van der Waals surface area contributed by atoms with Crippen molar-refractivity contribution in [3.05, 3.63) is 82.0 Å². The molecule has 0 aromatic heterocycles. The van der Waals surface area contributed by atoms with Gasteiger partial charge in [-0.3, -0.25) is 0 Å². The Balaban J connectivity index is 2.05. The van der Waals surface area contributed by atoms with Crippen molar-refractivity contribution in [3.63, 3.8) is 0 Å². The zero-order chi connectivity index (χ0) is 19.6. The fraction of sp³-hybridized carbons (Fsp3) is 0.167. The summed E-state index contributed by atoms with van der Waals surface area (Å²) >= 11 is 5.98. The second-order valence-corrected chi connectivity index (χ2v) is 8.44. The van der Waals surface area contributed by atoms with E-state index in [1.54, 1.807) is 12.1 Å². The van der Waals surface area contributed by atoms with Crippen LogP contribution in [0.25, 0.3) is 0 Å². The standard InChI is InChI=1S/C18H20ClN5O2S/c1-23(21)12-17(20)27(25,26)24-11-16(13-5-3-2-4-6-13)18(22-24)14-7-9-15(19)10-8-14/h2-10,12,16H,11,20-21H2,1H3/b17-12+. The first-order chi connectivity index (χ1) is 12.8. The number of halogens is 1. The Morgan fingerprint density at radius 2 is 1.85 bits per heavy atom. The van der Waals surface area contributed by atoms with Crippen molar-refractivity contribution in [2.24, 2.45) is 16.7 Å². The average Bonchev–Trinajstić information content (AvgIpc) is 3.08. The van der Waals surface area contributed by atoms with Gasteiger partial charge in [-0.1, -0.05) is 54.1 Å². The monoisotopic (exact) mass is 405 g/mol. The minimum absolute atomic E-state index is 0.146. The van der Waals surface area contributed by atoms with Gasteiger partial charge in [0.15, 0.2) is 5.03 Å². The van der Waals surface area contributed by atoms with Gasteiger partial charge < -0.3 is 10.7 Å². The Morgan fingerprint density at radius 3 is 2.44 bits per heavy atom. The first-order valence-electron chi connectivity index (χ1n) is 8.16. The molecule has 1 atom stereocenters. The first-order valence-corrected chi connectivity index (χ1v) is 9.98. The molecule has 0 saturated heterocycles. The number of nitrogens with zero attached hydrogens (tertiary/aromatic N) is 3. The van der Waals surface area contributed by atoms with Crippen molar-refractivity contribution < 1.29 is 8.42 Å². The predicted octanol–water partition coefficient (Wildman–Crippen LogP) is 2.04. The maximum absolute atomic E-state index is 12.8. The molecule has 2 aromatic carbocycles. The van der Waals surface area contributed by atoms with Crippen LogP contribution in [0.2, 0.25) is 5.02 Å². The number of hydrazine groups is 1. The fourth-order valence-electron chi connectivity index (χ4n) is 2.84. The Kier molecular flexibility index (Phi) is 5.41. The van der Waals surface area contributed by atoms with Crippen molar-refractivity contribution in [2.75, 3.05) is 13.6 Å². The van der Waals surface area contributed by atoms with Crippen LogP contribution in [0.4, 0.5) is 0 Å². The maximum atomic E-state index is 12.8. The molecular weight excluding hydrogens is 386 g/mol. The van der Waals surface area contributed by atoms with E-state index in [1.807, 2.05) is 42.5 Å². The quantitative estimate of drug-likeness (QED) is 0.585. The molecule has 0 radical (unpaired) electrons. The van der Waals surface area contributed by atoms with Gasteiger partial charge in [0, 0.05) is 18.0 Å². The molecule has 27 heavy (non-hydrogen) atoms. The first kappa shape index (κ1) is 19.2. The molecular formula is C18H20ClN5O2S. The van der Waals surface area contributed by atoms with Crippen LogP contribution in [0.15, 0.2) is 70.9 Å². The summed E-state index contributed by atoms with van der Waals surface area (Å²) in [6, 6.07) is 16.7. The van der Waals surface area contributed by atoms with Gasteiger partial charge >= 0.3 is 0 Å². The molecule has 2 aromatic rings. The van der Waals surface area contributed by atoms with Gasteiger partial charge in [0.1, 0.15) is 0 Å². The third-order valence-electron chi connectivity index (χ3n) is 4.14. The summed E-state index contributed by atoms with van der Waals surface area (Å²) in [5, 5.41) is 5.69. The van der Waals surface area contributed by atoms with E-state index in [2.05, 4.69) is 5.10 Å². The summed E-state index contributed by atoms with van der Waals surface area (Å²) in [6.45, 7) is 0.146.